The van der Waals surface area contributed by atoms with Crippen LogP contribution in [0.1, 0.15) is 50.2 Å². The molecule has 2 heterocycles. The van der Waals surface area contributed by atoms with Crippen LogP contribution in [-0.4, -0.2) is 49.4 Å². The number of aromatic amines is 1. The SMILES string of the molecule is CCCO[C@@H]1C[C@@H](c2nc(CC(N)=O)nn2-c2nc3ccccc3[nH]2)CC[C@H]1N. The molecule has 1 saturated carbocycles. The molecule has 0 unspecified atom stereocenters. The molecule has 9 heteroatoms. The quantitative estimate of drug-likeness (QED) is 0.553. The van der Waals surface area contributed by atoms with E-state index in [1.807, 2.05) is 24.3 Å². The molecule has 0 aliphatic heterocycles. The van der Waals surface area contributed by atoms with Gasteiger partial charge in [0.05, 0.1) is 23.6 Å². The maximum Gasteiger partial charge on any atom is 0.230 e. The molecule has 1 aliphatic carbocycles. The van der Waals surface area contributed by atoms with Gasteiger partial charge in [0, 0.05) is 18.6 Å². The molecule has 2 aromatic heterocycles. The maximum atomic E-state index is 11.4. The van der Waals surface area contributed by atoms with Crippen LogP contribution >= 0.6 is 0 Å². The number of carbonyl (C=O) groups is 1. The first-order chi connectivity index (χ1) is 14.0. The Morgan fingerprint density at radius 3 is 2.90 bits per heavy atom. The van der Waals surface area contributed by atoms with Gasteiger partial charge in [0.25, 0.3) is 0 Å². The number of fused-ring (bicyclic) bond motifs is 1. The third kappa shape index (κ3) is 4.15. The van der Waals surface area contributed by atoms with E-state index in [-0.39, 0.29) is 24.5 Å². The highest BCUT2D eigenvalue weighted by atomic mass is 16.5. The summed E-state index contributed by atoms with van der Waals surface area (Å²) in [6.45, 7) is 2.77. The van der Waals surface area contributed by atoms with Crippen LogP contribution in [0.5, 0.6) is 0 Å². The number of imidazole rings is 1. The summed E-state index contributed by atoms with van der Waals surface area (Å²) in [5, 5.41) is 4.54. The Labute approximate surface area is 168 Å². The zero-order chi connectivity index (χ0) is 20.4. The number of hydrogen-bond donors (Lipinski definition) is 3. The number of aromatic nitrogens is 5. The van der Waals surface area contributed by atoms with Crippen LogP contribution in [0.3, 0.4) is 0 Å². The van der Waals surface area contributed by atoms with Gasteiger partial charge in [-0.1, -0.05) is 19.1 Å². The Hall–Kier alpha value is -2.78. The topological polar surface area (TPSA) is 138 Å². The first kappa shape index (κ1) is 19.5. The van der Waals surface area contributed by atoms with Crippen molar-refractivity contribution in [1.29, 1.82) is 0 Å². The van der Waals surface area contributed by atoms with Gasteiger partial charge in [-0.25, -0.2) is 9.97 Å². The Morgan fingerprint density at radius 1 is 1.31 bits per heavy atom. The molecule has 1 aliphatic rings. The molecule has 9 nitrogen and oxygen atoms in total. The number of ether oxygens (including phenoxy) is 1. The minimum Gasteiger partial charge on any atom is -0.377 e. The highest BCUT2D eigenvalue weighted by Crippen LogP contribution is 2.34. The van der Waals surface area contributed by atoms with Crippen molar-refractivity contribution in [2.75, 3.05) is 6.61 Å². The van der Waals surface area contributed by atoms with Crippen molar-refractivity contribution >= 4 is 16.9 Å². The number of H-pyrrole nitrogens is 1. The van der Waals surface area contributed by atoms with Gasteiger partial charge in [-0.2, -0.15) is 4.68 Å². The maximum absolute atomic E-state index is 11.4. The average Bonchev–Trinajstić information content (AvgIpc) is 3.30. The van der Waals surface area contributed by atoms with Gasteiger partial charge in [-0.15, -0.1) is 5.10 Å². The summed E-state index contributed by atoms with van der Waals surface area (Å²) >= 11 is 0. The molecule has 1 amide bonds. The van der Waals surface area contributed by atoms with Crippen molar-refractivity contribution in [3.05, 3.63) is 35.9 Å². The van der Waals surface area contributed by atoms with Crippen molar-refractivity contribution in [2.24, 2.45) is 11.5 Å². The van der Waals surface area contributed by atoms with Crippen LogP contribution in [0, 0.1) is 0 Å². The minimum absolute atomic E-state index is 0.0117. The molecule has 1 fully saturated rings. The highest BCUT2D eigenvalue weighted by molar-refractivity contribution is 5.76. The van der Waals surface area contributed by atoms with Crippen molar-refractivity contribution in [1.82, 2.24) is 24.7 Å². The van der Waals surface area contributed by atoms with Gasteiger partial charge in [0.15, 0.2) is 5.82 Å². The standard InChI is InChI=1S/C20H27N7O2/c1-2-9-29-16-10-12(7-8-13(16)21)19-25-18(11-17(22)28)26-27(19)20-23-14-5-3-4-6-15(14)24-20/h3-6,12-13,16H,2,7-11,21H2,1H3,(H2,22,28)(H,23,24)/t12-,13+,16+/m0/s1. The van der Waals surface area contributed by atoms with E-state index >= 15 is 0 Å². The minimum atomic E-state index is -0.465. The van der Waals surface area contributed by atoms with E-state index in [1.54, 1.807) is 4.68 Å². The van der Waals surface area contributed by atoms with Crippen molar-refractivity contribution in [2.45, 2.75) is 57.1 Å². The zero-order valence-electron chi connectivity index (χ0n) is 16.5. The number of rotatable bonds is 7. The molecular formula is C20H27N7O2. The van der Waals surface area contributed by atoms with Gasteiger partial charge in [-0.3, -0.25) is 4.79 Å². The van der Waals surface area contributed by atoms with Crippen LogP contribution in [0.4, 0.5) is 0 Å². The molecule has 29 heavy (non-hydrogen) atoms. The second kappa shape index (κ2) is 8.30. The Kier molecular flexibility index (Phi) is 5.59. The van der Waals surface area contributed by atoms with E-state index in [4.69, 9.17) is 16.2 Å². The van der Waals surface area contributed by atoms with E-state index in [1.165, 1.54) is 0 Å². The van der Waals surface area contributed by atoms with Gasteiger partial charge in [-0.05, 0) is 37.8 Å². The summed E-state index contributed by atoms with van der Waals surface area (Å²) in [6.07, 6.45) is 3.40. The highest BCUT2D eigenvalue weighted by Gasteiger charge is 2.33. The third-order valence-corrected chi connectivity index (χ3v) is 5.33. The fourth-order valence-electron chi connectivity index (χ4n) is 3.91. The number of hydrogen-bond acceptors (Lipinski definition) is 6. The van der Waals surface area contributed by atoms with E-state index < -0.39 is 5.91 Å². The van der Waals surface area contributed by atoms with E-state index in [9.17, 15) is 4.79 Å². The molecule has 5 N–H and O–H groups in total. The van der Waals surface area contributed by atoms with Crippen molar-refractivity contribution < 1.29 is 9.53 Å². The van der Waals surface area contributed by atoms with E-state index in [0.717, 1.165) is 42.5 Å². The lowest BCUT2D eigenvalue weighted by molar-refractivity contribution is -0.117. The second-order valence-electron chi connectivity index (χ2n) is 7.60. The largest absolute Gasteiger partial charge is 0.377 e. The molecule has 3 aromatic rings. The Morgan fingerprint density at radius 2 is 2.14 bits per heavy atom. The fourth-order valence-corrected chi connectivity index (χ4v) is 3.91. The summed E-state index contributed by atoms with van der Waals surface area (Å²) in [6, 6.07) is 7.80. The van der Waals surface area contributed by atoms with Crippen LogP contribution < -0.4 is 11.5 Å². The molecule has 0 saturated heterocycles. The number of carbonyl (C=O) groups excluding carboxylic acids is 1. The number of benzene rings is 1. The summed E-state index contributed by atoms with van der Waals surface area (Å²) in [5.41, 5.74) is 13.4. The number of nitrogens with two attached hydrogens (primary N) is 2. The Bertz CT molecular complexity index is 963. The van der Waals surface area contributed by atoms with Crippen LogP contribution in [0.25, 0.3) is 17.0 Å². The van der Waals surface area contributed by atoms with E-state index in [2.05, 4.69) is 27.0 Å². The Balaban J connectivity index is 1.69. The van der Waals surface area contributed by atoms with Crippen LogP contribution in [0.15, 0.2) is 24.3 Å². The molecule has 0 radical (unpaired) electrons. The van der Waals surface area contributed by atoms with Gasteiger partial charge < -0.3 is 21.2 Å². The number of nitrogens with one attached hydrogen (secondary N) is 1. The van der Waals surface area contributed by atoms with Gasteiger partial charge in [0.1, 0.15) is 5.82 Å². The molecule has 3 atom stereocenters. The van der Waals surface area contributed by atoms with Crippen molar-refractivity contribution in [3.63, 3.8) is 0 Å². The van der Waals surface area contributed by atoms with Crippen molar-refractivity contribution in [3.8, 4) is 5.95 Å². The second-order valence-corrected chi connectivity index (χ2v) is 7.60. The monoisotopic (exact) mass is 397 g/mol. The molecule has 0 bridgehead atoms. The zero-order valence-corrected chi connectivity index (χ0v) is 16.5. The summed E-state index contributed by atoms with van der Waals surface area (Å²) in [7, 11) is 0. The van der Waals surface area contributed by atoms with Gasteiger partial charge in [0.2, 0.25) is 11.9 Å². The average molecular weight is 397 g/mol. The summed E-state index contributed by atoms with van der Waals surface area (Å²) in [5.74, 6) is 1.38. The lowest BCUT2D eigenvalue weighted by Gasteiger charge is -2.33. The molecule has 0 spiro atoms. The fraction of sp³-hybridized carbons (Fsp3) is 0.500. The summed E-state index contributed by atoms with van der Waals surface area (Å²) in [4.78, 5) is 24.0. The molecule has 1 aromatic carbocycles. The van der Waals surface area contributed by atoms with Crippen LogP contribution in [0.2, 0.25) is 0 Å². The number of nitrogens with zero attached hydrogens (tertiary/aromatic N) is 4. The molecule has 4 rings (SSSR count). The first-order valence-corrected chi connectivity index (χ1v) is 10.1. The van der Waals surface area contributed by atoms with E-state index in [0.29, 0.717) is 18.4 Å². The third-order valence-electron chi connectivity index (χ3n) is 5.33. The van der Waals surface area contributed by atoms with Crippen LogP contribution in [-0.2, 0) is 16.0 Å². The van der Waals surface area contributed by atoms with Gasteiger partial charge >= 0.3 is 0 Å². The first-order valence-electron chi connectivity index (χ1n) is 10.1. The lowest BCUT2D eigenvalue weighted by atomic mass is 9.83. The predicted molar refractivity (Wildman–Crippen MR) is 109 cm³/mol. The normalized spacial score (nSPS) is 22.2. The molecular weight excluding hydrogens is 370 g/mol. The number of para-hydroxylation sites is 2. The number of primary amides is 1. The lowest BCUT2D eigenvalue weighted by Crippen LogP contribution is -2.42. The predicted octanol–water partition coefficient (Wildman–Crippen LogP) is 1.56. The smallest absolute Gasteiger partial charge is 0.230 e. The number of amides is 1. The molecule has 154 valence electrons. The summed E-state index contributed by atoms with van der Waals surface area (Å²) < 4.78 is 7.69.